The van der Waals surface area contributed by atoms with Crippen LogP contribution in [-0.4, -0.2) is 33.3 Å². The standard InChI is InChI=1S/C21H24N4O2/c1-15-19(16(2)25(24-15)20-11-7-8-13-22-20)12-14-23-21(26)17(3)27-18-9-5-4-6-10-18/h4-11,13,17H,12,14H2,1-3H3,(H,23,26)/t17-/m0/s1. The molecule has 1 N–H and O–H groups in total. The molecule has 0 saturated carbocycles. The van der Waals surface area contributed by atoms with Crippen LogP contribution in [0.1, 0.15) is 23.9 Å². The van der Waals surface area contributed by atoms with Gasteiger partial charge in [0.15, 0.2) is 11.9 Å². The van der Waals surface area contributed by atoms with Crippen molar-refractivity contribution in [3.05, 3.63) is 71.7 Å². The smallest absolute Gasteiger partial charge is 0.260 e. The predicted molar refractivity (Wildman–Crippen MR) is 104 cm³/mol. The Kier molecular flexibility index (Phi) is 5.86. The summed E-state index contributed by atoms with van der Waals surface area (Å²) in [6, 6.07) is 15.1. The van der Waals surface area contributed by atoms with Gasteiger partial charge in [-0.15, -0.1) is 0 Å². The number of ether oxygens (including phenoxy) is 1. The lowest BCUT2D eigenvalue weighted by Gasteiger charge is -2.14. The zero-order valence-electron chi connectivity index (χ0n) is 15.8. The van der Waals surface area contributed by atoms with Gasteiger partial charge in [0.05, 0.1) is 5.69 Å². The molecular weight excluding hydrogens is 340 g/mol. The van der Waals surface area contributed by atoms with Crippen molar-refractivity contribution in [1.82, 2.24) is 20.1 Å². The molecule has 0 saturated heterocycles. The molecule has 1 atom stereocenters. The topological polar surface area (TPSA) is 69.0 Å². The number of benzene rings is 1. The molecule has 0 bridgehead atoms. The highest BCUT2D eigenvalue weighted by Gasteiger charge is 2.16. The number of aromatic nitrogens is 3. The summed E-state index contributed by atoms with van der Waals surface area (Å²) < 4.78 is 7.49. The van der Waals surface area contributed by atoms with Crippen molar-refractivity contribution in [3.63, 3.8) is 0 Å². The van der Waals surface area contributed by atoms with Gasteiger partial charge >= 0.3 is 0 Å². The van der Waals surface area contributed by atoms with Crippen LogP contribution in [0.4, 0.5) is 0 Å². The van der Waals surface area contributed by atoms with E-state index in [9.17, 15) is 4.79 Å². The summed E-state index contributed by atoms with van der Waals surface area (Å²) in [7, 11) is 0. The van der Waals surface area contributed by atoms with Crippen molar-refractivity contribution in [3.8, 4) is 11.6 Å². The molecule has 6 nitrogen and oxygen atoms in total. The van der Waals surface area contributed by atoms with E-state index in [0.717, 1.165) is 22.8 Å². The number of nitrogens with one attached hydrogen (secondary N) is 1. The number of carbonyl (C=O) groups is 1. The highest BCUT2D eigenvalue weighted by atomic mass is 16.5. The first kappa shape index (κ1) is 18.6. The summed E-state index contributed by atoms with van der Waals surface area (Å²) in [4.78, 5) is 16.6. The molecule has 2 aromatic heterocycles. The van der Waals surface area contributed by atoms with Crippen LogP contribution in [0.25, 0.3) is 5.82 Å². The number of amides is 1. The molecule has 0 radical (unpaired) electrons. The van der Waals surface area contributed by atoms with E-state index < -0.39 is 6.10 Å². The Bertz CT molecular complexity index is 891. The molecule has 0 spiro atoms. The molecule has 2 heterocycles. The highest BCUT2D eigenvalue weighted by molar-refractivity contribution is 5.80. The van der Waals surface area contributed by atoms with Crippen LogP contribution in [0.5, 0.6) is 5.75 Å². The lowest BCUT2D eigenvalue weighted by Crippen LogP contribution is -2.37. The summed E-state index contributed by atoms with van der Waals surface area (Å²) in [5.41, 5.74) is 3.10. The third-order valence-electron chi connectivity index (χ3n) is 4.41. The summed E-state index contributed by atoms with van der Waals surface area (Å²) >= 11 is 0. The van der Waals surface area contributed by atoms with Crippen LogP contribution < -0.4 is 10.1 Å². The number of aryl methyl sites for hydroxylation is 1. The van der Waals surface area contributed by atoms with E-state index in [1.807, 2.05) is 67.1 Å². The van der Waals surface area contributed by atoms with Gasteiger partial charge in [-0.25, -0.2) is 9.67 Å². The normalized spacial score (nSPS) is 11.8. The molecule has 0 aliphatic carbocycles. The molecule has 0 aliphatic rings. The van der Waals surface area contributed by atoms with Gasteiger partial charge < -0.3 is 10.1 Å². The minimum atomic E-state index is -0.550. The van der Waals surface area contributed by atoms with Crippen LogP contribution in [0, 0.1) is 13.8 Å². The number of nitrogens with zero attached hydrogens (tertiary/aromatic N) is 3. The zero-order valence-corrected chi connectivity index (χ0v) is 15.8. The van der Waals surface area contributed by atoms with Crippen molar-refractivity contribution in [2.45, 2.75) is 33.3 Å². The predicted octanol–water partition coefficient (Wildman–Crippen LogP) is 3.01. The Morgan fingerprint density at radius 2 is 1.89 bits per heavy atom. The second-order valence-electron chi connectivity index (χ2n) is 6.36. The maximum atomic E-state index is 12.3. The van der Waals surface area contributed by atoms with Crippen LogP contribution in [0.2, 0.25) is 0 Å². The molecule has 1 amide bonds. The maximum Gasteiger partial charge on any atom is 0.260 e. The number of para-hydroxylation sites is 1. The van der Waals surface area contributed by atoms with Crippen molar-refractivity contribution < 1.29 is 9.53 Å². The second-order valence-corrected chi connectivity index (χ2v) is 6.36. The Labute approximate surface area is 159 Å². The van der Waals surface area contributed by atoms with Crippen LogP contribution in [0.3, 0.4) is 0 Å². The zero-order chi connectivity index (χ0) is 19.2. The monoisotopic (exact) mass is 364 g/mol. The lowest BCUT2D eigenvalue weighted by atomic mass is 10.1. The van der Waals surface area contributed by atoms with Crippen LogP contribution in [-0.2, 0) is 11.2 Å². The minimum Gasteiger partial charge on any atom is -0.481 e. The molecule has 0 unspecified atom stereocenters. The average Bonchev–Trinajstić information content (AvgIpc) is 2.97. The molecule has 6 heteroatoms. The maximum absolute atomic E-state index is 12.3. The Balaban J connectivity index is 1.57. The number of carbonyl (C=O) groups excluding carboxylic acids is 1. The SMILES string of the molecule is Cc1nn(-c2ccccn2)c(C)c1CCNC(=O)[C@H](C)Oc1ccccc1. The van der Waals surface area contributed by atoms with Gasteiger partial charge in [-0.3, -0.25) is 4.79 Å². The van der Waals surface area contributed by atoms with Gasteiger partial charge in [0, 0.05) is 18.4 Å². The van der Waals surface area contributed by atoms with Gasteiger partial charge in [-0.1, -0.05) is 24.3 Å². The molecular formula is C21H24N4O2. The van der Waals surface area contributed by atoms with Gasteiger partial charge in [-0.2, -0.15) is 5.10 Å². The summed E-state index contributed by atoms with van der Waals surface area (Å²) in [5, 5.41) is 7.52. The van der Waals surface area contributed by atoms with Crippen LogP contribution in [0.15, 0.2) is 54.7 Å². The van der Waals surface area contributed by atoms with Crippen molar-refractivity contribution in [2.24, 2.45) is 0 Å². The molecule has 27 heavy (non-hydrogen) atoms. The largest absolute Gasteiger partial charge is 0.481 e. The van der Waals surface area contributed by atoms with Gasteiger partial charge in [0.1, 0.15) is 5.75 Å². The Morgan fingerprint density at radius 1 is 1.15 bits per heavy atom. The van der Waals surface area contributed by atoms with E-state index in [-0.39, 0.29) is 5.91 Å². The van der Waals surface area contributed by atoms with Crippen molar-refractivity contribution in [2.75, 3.05) is 6.54 Å². The second kappa shape index (κ2) is 8.49. The van der Waals surface area contributed by atoms with Gasteiger partial charge in [0.25, 0.3) is 5.91 Å². The van der Waals surface area contributed by atoms with E-state index in [2.05, 4.69) is 15.4 Å². The van der Waals surface area contributed by atoms with E-state index in [1.165, 1.54) is 0 Å². The fourth-order valence-corrected chi connectivity index (χ4v) is 2.95. The van der Waals surface area contributed by atoms with E-state index >= 15 is 0 Å². The summed E-state index contributed by atoms with van der Waals surface area (Å²) in [5.74, 6) is 1.34. The first-order valence-corrected chi connectivity index (χ1v) is 9.02. The fraction of sp³-hybridized carbons (Fsp3) is 0.286. The van der Waals surface area contributed by atoms with Crippen molar-refractivity contribution in [1.29, 1.82) is 0 Å². The van der Waals surface area contributed by atoms with E-state index in [1.54, 1.807) is 13.1 Å². The lowest BCUT2D eigenvalue weighted by molar-refractivity contribution is -0.127. The van der Waals surface area contributed by atoms with E-state index in [4.69, 9.17) is 4.74 Å². The van der Waals surface area contributed by atoms with Crippen molar-refractivity contribution >= 4 is 5.91 Å². The third kappa shape index (κ3) is 4.53. The molecule has 0 fully saturated rings. The Hall–Kier alpha value is -3.15. The number of hydrogen-bond acceptors (Lipinski definition) is 4. The highest BCUT2D eigenvalue weighted by Crippen LogP contribution is 2.17. The molecule has 1 aromatic carbocycles. The van der Waals surface area contributed by atoms with Gasteiger partial charge in [0.2, 0.25) is 0 Å². The quantitative estimate of drug-likeness (QED) is 0.700. The van der Waals surface area contributed by atoms with Crippen LogP contribution >= 0.6 is 0 Å². The molecule has 140 valence electrons. The molecule has 3 rings (SSSR count). The Morgan fingerprint density at radius 3 is 2.59 bits per heavy atom. The first-order valence-electron chi connectivity index (χ1n) is 9.02. The van der Waals surface area contributed by atoms with Gasteiger partial charge in [-0.05, 0) is 57.0 Å². The fourth-order valence-electron chi connectivity index (χ4n) is 2.95. The number of pyridine rings is 1. The summed E-state index contributed by atoms with van der Waals surface area (Å²) in [6.07, 6.45) is 1.90. The van der Waals surface area contributed by atoms with E-state index in [0.29, 0.717) is 18.7 Å². The first-order chi connectivity index (χ1) is 13.1. The summed E-state index contributed by atoms with van der Waals surface area (Å²) in [6.45, 7) is 6.27. The number of hydrogen-bond donors (Lipinski definition) is 1. The number of rotatable bonds is 7. The molecule has 3 aromatic rings. The third-order valence-corrected chi connectivity index (χ3v) is 4.41. The average molecular weight is 364 g/mol. The minimum absolute atomic E-state index is 0.133. The molecule has 0 aliphatic heterocycles.